The number of ketones is 2. The van der Waals surface area contributed by atoms with Crippen molar-refractivity contribution >= 4 is 44.6 Å². The fourth-order valence-corrected chi connectivity index (χ4v) is 4.58. The summed E-state index contributed by atoms with van der Waals surface area (Å²) in [6.45, 7) is 5.35. The number of hydrogen-bond donors (Lipinski definition) is 2. The van der Waals surface area contributed by atoms with Gasteiger partial charge in [0, 0.05) is 16.7 Å². The minimum atomic E-state index is -3.67. The molecule has 30 heavy (non-hydrogen) atoms. The number of hydrazone groups is 1. The van der Waals surface area contributed by atoms with E-state index in [1.54, 1.807) is 32.9 Å². The van der Waals surface area contributed by atoms with Gasteiger partial charge in [-0.1, -0.05) is 48.0 Å². The molecule has 1 amide bonds. The van der Waals surface area contributed by atoms with Gasteiger partial charge in [0.25, 0.3) is 5.91 Å². The van der Waals surface area contributed by atoms with Gasteiger partial charge in [-0.3, -0.25) is 14.4 Å². The van der Waals surface area contributed by atoms with Crippen LogP contribution in [0.15, 0.2) is 52.2 Å². The van der Waals surface area contributed by atoms with Crippen LogP contribution in [0.2, 0.25) is 0 Å². The first-order chi connectivity index (χ1) is 13.9. The van der Waals surface area contributed by atoms with Crippen LogP contribution in [0.5, 0.6) is 0 Å². The summed E-state index contributed by atoms with van der Waals surface area (Å²) in [5.74, 6) is -2.42. The largest absolute Gasteiger partial charge is 0.316 e. The summed E-state index contributed by atoms with van der Waals surface area (Å²) >= 11 is 6.08. The van der Waals surface area contributed by atoms with Crippen LogP contribution in [0.25, 0.3) is 0 Å². The van der Waals surface area contributed by atoms with Gasteiger partial charge in [0.05, 0.1) is 5.75 Å². The lowest BCUT2D eigenvalue weighted by Crippen LogP contribution is -2.44. The maximum absolute atomic E-state index is 13.0. The maximum atomic E-state index is 13.0. The number of amides is 1. The number of nitrogens with one attached hydrogen (secondary N) is 2. The summed E-state index contributed by atoms with van der Waals surface area (Å²) in [6.07, 6.45) is 2.79. The van der Waals surface area contributed by atoms with Gasteiger partial charge in [0.2, 0.25) is 11.6 Å². The summed E-state index contributed by atoms with van der Waals surface area (Å²) in [7, 11) is -3.67. The molecule has 1 aromatic carbocycles. The zero-order valence-electron chi connectivity index (χ0n) is 16.5. The number of halogens is 1. The van der Waals surface area contributed by atoms with Gasteiger partial charge in [-0.25, -0.2) is 8.42 Å². The molecule has 8 nitrogen and oxygen atoms in total. The fraction of sp³-hybridized carbons (Fsp3) is 0.300. The van der Waals surface area contributed by atoms with Crippen molar-refractivity contribution < 1.29 is 22.8 Å². The van der Waals surface area contributed by atoms with Crippen molar-refractivity contribution in [2.75, 3.05) is 5.75 Å². The van der Waals surface area contributed by atoms with E-state index in [0.717, 1.165) is 0 Å². The second-order valence-electron chi connectivity index (χ2n) is 7.88. The molecular formula is C20H20ClN3O5S. The van der Waals surface area contributed by atoms with Crippen LogP contribution in [0.3, 0.4) is 0 Å². The van der Waals surface area contributed by atoms with Gasteiger partial charge < -0.3 is 10.7 Å². The predicted octanol–water partition coefficient (Wildman–Crippen LogP) is 1.73. The molecule has 1 atom stereocenters. The van der Waals surface area contributed by atoms with E-state index in [9.17, 15) is 22.8 Å². The SMILES string of the molecule is CC(C)(C)N/N=C(/C(=O)NC1=C(Cl)C(=O)c2ccccc2C1=O)C1C=CCS1(=O)=O. The molecule has 2 aliphatic rings. The van der Waals surface area contributed by atoms with Crippen molar-refractivity contribution in [2.45, 2.75) is 31.6 Å². The fourth-order valence-electron chi connectivity index (χ4n) is 2.90. The third-order valence-corrected chi connectivity index (χ3v) is 6.51. The van der Waals surface area contributed by atoms with Crippen molar-refractivity contribution in [2.24, 2.45) is 5.10 Å². The monoisotopic (exact) mass is 449 g/mol. The lowest BCUT2D eigenvalue weighted by molar-refractivity contribution is -0.114. The minimum Gasteiger partial charge on any atom is -0.316 e. The van der Waals surface area contributed by atoms with Gasteiger partial charge in [0.1, 0.15) is 21.7 Å². The Morgan fingerprint density at radius 1 is 1.13 bits per heavy atom. The number of carbonyl (C=O) groups excluding carboxylic acids is 3. The van der Waals surface area contributed by atoms with Gasteiger partial charge in [-0.15, -0.1) is 0 Å². The highest BCUT2D eigenvalue weighted by molar-refractivity contribution is 7.93. The number of sulfone groups is 1. The molecule has 3 rings (SSSR count). The Hall–Kier alpha value is -2.78. The Morgan fingerprint density at radius 3 is 2.27 bits per heavy atom. The molecule has 1 unspecified atom stereocenters. The lowest BCUT2D eigenvalue weighted by Gasteiger charge is -2.22. The van der Waals surface area contributed by atoms with E-state index in [1.807, 2.05) is 0 Å². The Balaban J connectivity index is 1.98. The number of fused-ring (bicyclic) bond motifs is 1. The Kier molecular flexibility index (Phi) is 5.70. The third kappa shape index (κ3) is 4.22. The first-order valence-electron chi connectivity index (χ1n) is 9.05. The molecule has 0 radical (unpaired) electrons. The number of nitrogens with zero attached hydrogens (tertiary/aromatic N) is 1. The van der Waals surface area contributed by atoms with Crippen LogP contribution in [-0.2, 0) is 14.6 Å². The maximum Gasteiger partial charge on any atom is 0.273 e. The van der Waals surface area contributed by atoms with Crippen LogP contribution in [-0.4, -0.2) is 48.1 Å². The van der Waals surface area contributed by atoms with E-state index in [-0.39, 0.29) is 22.6 Å². The molecule has 1 aromatic rings. The van der Waals surface area contributed by atoms with Crippen LogP contribution in [0, 0.1) is 0 Å². The van der Waals surface area contributed by atoms with Crippen molar-refractivity contribution in [1.82, 2.24) is 10.7 Å². The van der Waals surface area contributed by atoms with Crippen LogP contribution < -0.4 is 10.7 Å². The van der Waals surface area contributed by atoms with E-state index in [2.05, 4.69) is 15.8 Å². The zero-order valence-corrected chi connectivity index (χ0v) is 18.1. The van der Waals surface area contributed by atoms with E-state index < -0.39 is 48.8 Å². The standard InChI is InChI=1S/C20H20ClN3O5S/c1-20(2,3)24-23-15(13-9-6-10-30(13,28)29)19(27)22-16-14(21)17(25)11-7-4-5-8-12(11)18(16)26/h4-9,13,24H,10H2,1-3H3,(H,22,27)/b23-15+. The molecule has 2 N–H and O–H groups in total. The summed E-state index contributed by atoms with van der Waals surface area (Å²) in [6, 6.07) is 6.09. The number of carbonyl (C=O) groups is 3. The molecule has 1 aliphatic carbocycles. The third-order valence-electron chi connectivity index (χ3n) is 4.34. The van der Waals surface area contributed by atoms with E-state index in [4.69, 9.17) is 11.6 Å². The average molecular weight is 450 g/mol. The van der Waals surface area contributed by atoms with Crippen LogP contribution >= 0.6 is 11.6 Å². The number of benzene rings is 1. The molecule has 0 aromatic heterocycles. The normalized spacial score (nSPS) is 20.9. The van der Waals surface area contributed by atoms with Crippen LogP contribution in [0.1, 0.15) is 41.5 Å². The summed E-state index contributed by atoms with van der Waals surface area (Å²) in [5, 5.41) is 4.60. The smallest absolute Gasteiger partial charge is 0.273 e. The van der Waals surface area contributed by atoms with Crippen LogP contribution in [0.4, 0.5) is 0 Å². The lowest BCUT2D eigenvalue weighted by atomic mass is 9.92. The van der Waals surface area contributed by atoms with Crippen molar-refractivity contribution in [1.29, 1.82) is 0 Å². The quantitative estimate of drug-likeness (QED) is 0.410. The average Bonchev–Trinajstić information content (AvgIpc) is 3.01. The second-order valence-corrected chi connectivity index (χ2v) is 10.4. The van der Waals surface area contributed by atoms with Crippen molar-refractivity contribution in [3.63, 3.8) is 0 Å². The van der Waals surface area contributed by atoms with Gasteiger partial charge in [-0.05, 0) is 20.8 Å². The predicted molar refractivity (Wildman–Crippen MR) is 113 cm³/mol. The summed E-state index contributed by atoms with van der Waals surface area (Å²) in [5.41, 5.74) is 1.65. The molecular weight excluding hydrogens is 430 g/mol. The molecule has 0 saturated heterocycles. The molecule has 1 aliphatic heterocycles. The molecule has 0 bridgehead atoms. The summed E-state index contributed by atoms with van der Waals surface area (Å²) < 4.78 is 24.7. The van der Waals surface area contributed by atoms with Crippen molar-refractivity contribution in [3.8, 4) is 0 Å². The Labute approximate surface area is 179 Å². The molecule has 0 saturated carbocycles. The zero-order chi connectivity index (χ0) is 22.3. The number of Topliss-reactive ketones (excluding diaryl/α,β-unsaturated/α-hetero) is 2. The molecule has 0 spiro atoms. The van der Waals surface area contributed by atoms with E-state index >= 15 is 0 Å². The molecule has 10 heteroatoms. The second kappa shape index (κ2) is 7.81. The number of hydrogen-bond acceptors (Lipinski definition) is 7. The highest BCUT2D eigenvalue weighted by atomic mass is 35.5. The number of rotatable bonds is 4. The van der Waals surface area contributed by atoms with Gasteiger partial charge in [-0.2, -0.15) is 5.10 Å². The van der Waals surface area contributed by atoms with Crippen molar-refractivity contribution in [3.05, 3.63) is 58.3 Å². The summed E-state index contributed by atoms with van der Waals surface area (Å²) in [4.78, 5) is 38.3. The van der Waals surface area contributed by atoms with Gasteiger partial charge in [0.15, 0.2) is 9.84 Å². The molecule has 0 fully saturated rings. The molecule has 158 valence electrons. The highest BCUT2D eigenvalue weighted by Gasteiger charge is 2.38. The van der Waals surface area contributed by atoms with E-state index in [0.29, 0.717) is 0 Å². The Bertz CT molecular complexity index is 1140. The highest BCUT2D eigenvalue weighted by Crippen LogP contribution is 2.27. The van der Waals surface area contributed by atoms with Gasteiger partial charge >= 0.3 is 0 Å². The molecule has 1 heterocycles. The Morgan fingerprint density at radius 2 is 1.73 bits per heavy atom. The topological polar surface area (TPSA) is 122 Å². The first-order valence-corrected chi connectivity index (χ1v) is 11.1. The number of allylic oxidation sites excluding steroid dienone is 2. The minimum absolute atomic E-state index is 0.0990. The first kappa shape index (κ1) is 21.9. The van der Waals surface area contributed by atoms with E-state index in [1.165, 1.54) is 24.3 Å².